The molecule has 0 N–H and O–H groups in total. The lowest BCUT2D eigenvalue weighted by Gasteiger charge is -2.12. The normalized spacial score (nSPS) is 13.6. The molecule has 1 aliphatic rings. The predicted molar refractivity (Wildman–Crippen MR) is 123 cm³/mol. The van der Waals surface area contributed by atoms with E-state index in [1.807, 2.05) is 30.3 Å². The maximum absolute atomic E-state index is 13.1. The molecule has 2 heterocycles. The highest BCUT2D eigenvalue weighted by Crippen LogP contribution is 2.42. The molecular weight excluding hydrogens is 475 g/mol. The highest BCUT2D eigenvalue weighted by atomic mass is 19.4. The first kappa shape index (κ1) is 23.6. The molecule has 0 bridgehead atoms. The average molecular weight is 497 g/mol. The molecule has 0 saturated heterocycles. The Hall–Kier alpha value is -4.15. The molecule has 8 nitrogen and oxygen atoms in total. The molecule has 186 valence electrons. The third-order valence-corrected chi connectivity index (χ3v) is 5.61. The summed E-state index contributed by atoms with van der Waals surface area (Å²) in [5, 5.41) is 8.45. The van der Waals surface area contributed by atoms with Crippen molar-refractivity contribution in [2.24, 2.45) is 0 Å². The van der Waals surface area contributed by atoms with Gasteiger partial charge in [0.25, 0.3) is 0 Å². The fraction of sp³-hybridized carbons (Fsp3) is 0.280. The van der Waals surface area contributed by atoms with E-state index in [4.69, 9.17) is 9.72 Å². The summed E-state index contributed by atoms with van der Waals surface area (Å²) in [6.07, 6.45) is -1.40. The van der Waals surface area contributed by atoms with Crippen molar-refractivity contribution in [2.45, 2.75) is 38.7 Å². The Morgan fingerprint density at radius 1 is 1.08 bits per heavy atom. The number of carbonyl (C=O) groups excluding carboxylic acids is 1. The third kappa shape index (κ3) is 5.09. The number of nitrogens with zero attached hydrogens (tertiary/aromatic N) is 5. The van der Waals surface area contributed by atoms with Gasteiger partial charge in [0.05, 0.1) is 19.3 Å². The van der Waals surface area contributed by atoms with Crippen LogP contribution >= 0.6 is 0 Å². The lowest BCUT2D eigenvalue weighted by atomic mass is 10.2. The standard InChI is InChI=1S/C25H22F3N5O3/c1-2-35-24(34)22-21(20-15-32(31-30-20)14-16-6-4-3-5-7-16)29-23(33(22)18-10-11-18)17-8-12-19(13-9-17)36-25(26,27)28/h3-9,12-13,15,18H,2,10-11,14H2,1H3. The SMILES string of the molecule is CCOC(=O)c1c(-c2cn(Cc3ccccc3)nn2)nc(-c2ccc(OC(F)(F)F)cc2)n1C1CC1. The first-order valence-electron chi connectivity index (χ1n) is 11.4. The summed E-state index contributed by atoms with van der Waals surface area (Å²) in [6, 6.07) is 15.1. The van der Waals surface area contributed by atoms with Crippen molar-refractivity contribution in [3.8, 4) is 28.5 Å². The molecule has 0 unspecified atom stereocenters. The van der Waals surface area contributed by atoms with Crippen LogP contribution in [0.5, 0.6) is 5.75 Å². The largest absolute Gasteiger partial charge is 0.573 e. The number of benzene rings is 2. The number of esters is 1. The molecule has 1 aliphatic carbocycles. The van der Waals surface area contributed by atoms with Crippen LogP contribution in [-0.4, -0.2) is 43.5 Å². The first-order valence-corrected chi connectivity index (χ1v) is 11.4. The van der Waals surface area contributed by atoms with E-state index in [0.29, 0.717) is 29.3 Å². The summed E-state index contributed by atoms with van der Waals surface area (Å²) >= 11 is 0. The predicted octanol–water partition coefficient (Wildman–Crippen LogP) is 5.27. The topological polar surface area (TPSA) is 84.1 Å². The van der Waals surface area contributed by atoms with E-state index >= 15 is 0 Å². The highest BCUT2D eigenvalue weighted by molar-refractivity contribution is 5.95. The van der Waals surface area contributed by atoms with Gasteiger partial charge in [0.1, 0.15) is 23.0 Å². The van der Waals surface area contributed by atoms with Gasteiger partial charge in [-0.05, 0) is 49.6 Å². The number of halogens is 3. The number of rotatable bonds is 8. The van der Waals surface area contributed by atoms with Crippen molar-refractivity contribution < 1.29 is 27.4 Å². The minimum atomic E-state index is -4.79. The zero-order valence-corrected chi connectivity index (χ0v) is 19.3. The maximum Gasteiger partial charge on any atom is 0.573 e. The Morgan fingerprint density at radius 3 is 2.44 bits per heavy atom. The Kier molecular flexibility index (Phi) is 6.21. The van der Waals surface area contributed by atoms with E-state index in [1.54, 1.807) is 22.4 Å². The Balaban J connectivity index is 1.56. The second kappa shape index (κ2) is 9.48. The Morgan fingerprint density at radius 2 is 1.81 bits per heavy atom. The lowest BCUT2D eigenvalue weighted by Crippen LogP contribution is -2.17. The summed E-state index contributed by atoms with van der Waals surface area (Å²) in [7, 11) is 0. The quantitative estimate of drug-likeness (QED) is 0.309. The van der Waals surface area contributed by atoms with Gasteiger partial charge < -0.3 is 14.0 Å². The van der Waals surface area contributed by atoms with Gasteiger partial charge in [-0.1, -0.05) is 35.5 Å². The van der Waals surface area contributed by atoms with E-state index < -0.39 is 12.3 Å². The van der Waals surface area contributed by atoms with Gasteiger partial charge in [-0.15, -0.1) is 18.3 Å². The molecule has 5 rings (SSSR count). The summed E-state index contributed by atoms with van der Waals surface area (Å²) < 4.78 is 50.5. The molecule has 0 aliphatic heterocycles. The molecule has 1 fully saturated rings. The van der Waals surface area contributed by atoms with Crippen LogP contribution in [-0.2, 0) is 11.3 Å². The number of hydrogen-bond acceptors (Lipinski definition) is 6. The summed E-state index contributed by atoms with van der Waals surface area (Å²) in [5.74, 6) is -0.454. The van der Waals surface area contributed by atoms with E-state index in [-0.39, 0.29) is 24.1 Å². The van der Waals surface area contributed by atoms with Gasteiger partial charge in [0.2, 0.25) is 0 Å². The van der Waals surface area contributed by atoms with E-state index in [9.17, 15) is 18.0 Å². The molecule has 36 heavy (non-hydrogen) atoms. The van der Waals surface area contributed by atoms with Gasteiger partial charge in [-0.3, -0.25) is 0 Å². The Labute approximate surface area is 204 Å². The van der Waals surface area contributed by atoms with Crippen molar-refractivity contribution in [1.29, 1.82) is 0 Å². The van der Waals surface area contributed by atoms with Crippen LogP contribution in [0.25, 0.3) is 22.8 Å². The van der Waals surface area contributed by atoms with Gasteiger partial charge in [0.15, 0.2) is 5.69 Å². The molecule has 11 heteroatoms. The zero-order valence-electron chi connectivity index (χ0n) is 19.3. The summed E-state index contributed by atoms with van der Waals surface area (Å²) in [4.78, 5) is 17.8. The van der Waals surface area contributed by atoms with Crippen LogP contribution in [0, 0.1) is 0 Å². The highest BCUT2D eigenvalue weighted by Gasteiger charge is 2.36. The molecule has 1 saturated carbocycles. The second-order valence-corrected chi connectivity index (χ2v) is 8.31. The van der Waals surface area contributed by atoms with Gasteiger partial charge in [0, 0.05) is 11.6 Å². The van der Waals surface area contributed by atoms with Crippen LogP contribution < -0.4 is 4.74 Å². The van der Waals surface area contributed by atoms with Crippen LogP contribution in [0.3, 0.4) is 0 Å². The first-order chi connectivity index (χ1) is 17.3. The monoisotopic (exact) mass is 497 g/mol. The van der Waals surface area contributed by atoms with E-state index in [2.05, 4.69) is 15.0 Å². The van der Waals surface area contributed by atoms with Gasteiger partial charge >= 0.3 is 12.3 Å². The van der Waals surface area contributed by atoms with Crippen LogP contribution in [0.15, 0.2) is 60.8 Å². The van der Waals surface area contributed by atoms with Crippen LogP contribution in [0.2, 0.25) is 0 Å². The van der Waals surface area contributed by atoms with Crippen LogP contribution in [0.1, 0.15) is 41.9 Å². The number of alkyl halides is 3. The minimum Gasteiger partial charge on any atom is -0.461 e. The van der Waals surface area contributed by atoms with E-state index in [0.717, 1.165) is 18.4 Å². The molecule has 0 amide bonds. The molecule has 2 aromatic carbocycles. The van der Waals surface area contributed by atoms with Gasteiger partial charge in [-0.2, -0.15) is 0 Å². The number of aromatic nitrogens is 5. The molecule has 2 aromatic heterocycles. The Bertz CT molecular complexity index is 1360. The number of carbonyl (C=O) groups is 1. The fourth-order valence-corrected chi connectivity index (χ4v) is 3.96. The molecular formula is C25H22F3N5O3. The number of ether oxygens (including phenoxy) is 2. The number of imidazole rings is 1. The summed E-state index contributed by atoms with van der Waals surface area (Å²) in [5.41, 5.74) is 2.52. The molecule has 0 spiro atoms. The average Bonchev–Trinajstić information content (AvgIpc) is 3.44. The maximum atomic E-state index is 13.1. The van der Waals surface area contributed by atoms with Gasteiger partial charge in [-0.25, -0.2) is 14.5 Å². The molecule has 0 radical (unpaired) electrons. The molecule has 4 aromatic rings. The van der Waals surface area contributed by atoms with Crippen molar-refractivity contribution in [1.82, 2.24) is 24.5 Å². The van der Waals surface area contributed by atoms with Crippen LogP contribution in [0.4, 0.5) is 13.2 Å². The fourth-order valence-electron chi connectivity index (χ4n) is 3.96. The van der Waals surface area contributed by atoms with Crippen molar-refractivity contribution in [3.63, 3.8) is 0 Å². The van der Waals surface area contributed by atoms with Crippen molar-refractivity contribution >= 4 is 5.97 Å². The van der Waals surface area contributed by atoms with E-state index in [1.165, 1.54) is 24.3 Å². The second-order valence-electron chi connectivity index (χ2n) is 8.31. The molecule has 0 atom stereocenters. The van der Waals surface area contributed by atoms with Crippen molar-refractivity contribution in [3.05, 3.63) is 72.1 Å². The smallest absolute Gasteiger partial charge is 0.461 e. The zero-order chi connectivity index (χ0) is 25.3. The van der Waals surface area contributed by atoms with Crippen molar-refractivity contribution in [2.75, 3.05) is 6.61 Å². The minimum absolute atomic E-state index is 0.0196. The third-order valence-electron chi connectivity index (χ3n) is 5.61. The summed E-state index contributed by atoms with van der Waals surface area (Å²) in [6.45, 7) is 2.37. The lowest BCUT2D eigenvalue weighted by molar-refractivity contribution is -0.274. The number of hydrogen-bond donors (Lipinski definition) is 0.